The monoisotopic (exact) mass is 464 g/mol. The lowest BCUT2D eigenvalue weighted by atomic mass is 10.0. The second-order valence-corrected chi connectivity index (χ2v) is 8.00. The van der Waals surface area contributed by atoms with Gasteiger partial charge < -0.3 is 19.5 Å². The second-order valence-electron chi connectivity index (χ2n) is 7.65. The molecule has 0 bridgehead atoms. The van der Waals surface area contributed by atoms with Gasteiger partial charge in [0.25, 0.3) is 0 Å². The van der Waals surface area contributed by atoms with Gasteiger partial charge in [0.1, 0.15) is 5.60 Å². The molecule has 0 aliphatic carbocycles. The van der Waals surface area contributed by atoms with E-state index in [4.69, 9.17) is 21.1 Å². The Balaban J connectivity index is 2.33. The van der Waals surface area contributed by atoms with Crippen molar-refractivity contribution in [2.45, 2.75) is 38.8 Å². The van der Waals surface area contributed by atoms with E-state index in [9.17, 15) is 14.4 Å². The average Bonchev–Trinajstić information content (AvgIpc) is 2.72. The van der Waals surface area contributed by atoms with Crippen LogP contribution < -0.4 is 10.6 Å². The van der Waals surface area contributed by atoms with Gasteiger partial charge in [-0.1, -0.05) is 23.7 Å². The molecule has 10 nitrogen and oxygen atoms in total. The van der Waals surface area contributed by atoms with Crippen molar-refractivity contribution in [3.05, 3.63) is 41.2 Å². The van der Waals surface area contributed by atoms with Crippen molar-refractivity contribution in [3.63, 3.8) is 0 Å². The van der Waals surface area contributed by atoms with Crippen LogP contribution >= 0.6 is 11.6 Å². The molecule has 0 fully saturated rings. The van der Waals surface area contributed by atoms with Crippen LogP contribution in [0.5, 0.6) is 0 Å². The maximum atomic E-state index is 12.3. The number of hydrogen-bond acceptors (Lipinski definition) is 8. The number of benzene rings is 1. The van der Waals surface area contributed by atoms with Crippen LogP contribution in [-0.2, 0) is 19.0 Å². The number of aromatic nitrogens is 2. The van der Waals surface area contributed by atoms with Gasteiger partial charge in [0.05, 0.1) is 32.4 Å². The third-order valence-electron chi connectivity index (χ3n) is 4.04. The van der Waals surface area contributed by atoms with Gasteiger partial charge in [-0.15, -0.1) is 5.10 Å². The molecule has 0 aliphatic rings. The Kier molecular flexibility index (Phi) is 8.36. The van der Waals surface area contributed by atoms with E-state index >= 15 is 0 Å². The van der Waals surface area contributed by atoms with Gasteiger partial charge in [0, 0.05) is 11.3 Å². The molecule has 0 aliphatic heterocycles. The fourth-order valence-corrected chi connectivity index (χ4v) is 2.80. The van der Waals surface area contributed by atoms with E-state index in [1.54, 1.807) is 51.1 Å². The number of nitrogens with one attached hydrogen (secondary N) is 2. The number of ether oxygens (including phenoxy) is 3. The van der Waals surface area contributed by atoms with Crippen LogP contribution in [0.15, 0.2) is 30.3 Å². The first-order chi connectivity index (χ1) is 15.0. The molecule has 172 valence electrons. The van der Waals surface area contributed by atoms with Crippen molar-refractivity contribution in [1.82, 2.24) is 15.5 Å². The molecule has 2 N–H and O–H groups in total. The number of hydrogen-bond donors (Lipinski definition) is 2. The molecular formula is C21H25ClN4O6. The number of alkyl carbamates (subject to hydrolysis) is 1. The lowest BCUT2D eigenvalue weighted by Gasteiger charge is -2.23. The summed E-state index contributed by atoms with van der Waals surface area (Å²) < 4.78 is 14.6. The van der Waals surface area contributed by atoms with E-state index in [1.807, 2.05) is 0 Å². The summed E-state index contributed by atoms with van der Waals surface area (Å²) >= 11 is 6.24. The van der Waals surface area contributed by atoms with Gasteiger partial charge >= 0.3 is 18.2 Å². The van der Waals surface area contributed by atoms with Crippen LogP contribution in [0.2, 0.25) is 5.15 Å². The summed E-state index contributed by atoms with van der Waals surface area (Å²) in [6, 6.07) is 7.51. The zero-order chi connectivity index (χ0) is 23.9. The molecular weight excluding hydrogens is 440 g/mol. The van der Waals surface area contributed by atoms with Crippen LogP contribution in [0.4, 0.5) is 15.3 Å². The van der Waals surface area contributed by atoms with E-state index in [1.165, 1.54) is 14.2 Å². The molecule has 32 heavy (non-hydrogen) atoms. The Morgan fingerprint density at radius 3 is 2.25 bits per heavy atom. The molecule has 0 unspecified atom stereocenters. The molecule has 0 saturated carbocycles. The number of halogens is 1. The number of methoxy groups -OCH3 is 2. The Morgan fingerprint density at radius 1 is 1.03 bits per heavy atom. The quantitative estimate of drug-likeness (QED) is 0.482. The Morgan fingerprint density at radius 2 is 1.69 bits per heavy atom. The number of rotatable bonds is 6. The Labute approximate surface area is 190 Å². The third-order valence-corrected chi connectivity index (χ3v) is 4.32. The molecule has 0 saturated heterocycles. The van der Waals surface area contributed by atoms with E-state index in [-0.39, 0.29) is 17.3 Å². The number of amides is 2. The highest BCUT2D eigenvalue weighted by Crippen LogP contribution is 2.29. The molecule has 11 heteroatoms. The van der Waals surface area contributed by atoms with Gasteiger partial charge in [-0.05, 0) is 44.5 Å². The van der Waals surface area contributed by atoms with Crippen LogP contribution in [0, 0.1) is 0 Å². The Hall–Kier alpha value is -3.40. The number of carbonyl (C=O) groups excluding carboxylic acids is 3. The van der Waals surface area contributed by atoms with Crippen LogP contribution in [0.3, 0.4) is 0 Å². The molecule has 0 spiro atoms. The standard InChI is InChI=1S/C21H25ClN4O6/c1-21(2,3)32-20(29)24-15(11-17(27)30-4)16-10-14(18(22)26-25-16)12-6-8-13(9-7-12)23-19(28)31-5/h6-10,15H,11H2,1-5H3,(H,23,28)(H,24,29)/t15-/m0/s1. The molecule has 2 aromatic rings. The summed E-state index contributed by atoms with van der Waals surface area (Å²) in [7, 11) is 2.51. The van der Waals surface area contributed by atoms with Gasteiger partial charge in [-0.3, -0.25) is 10.1 Å². The van der Waals surface area contributed by atoms with E-state index < -0.39 is 29.8 Å². The minimum atomic E-state index is -0.860. The predicted molar refractivity (Wildman–Crippen MR) is 117 cm³/mol. The number of nitrogens with zero attached hydrogens (tertiary/aromatic N) is 2. The van der Waals surface area contributed by atoms with Crippen molar-refractivity contribution in [2.75, 3.05) is 19.5 Å². The maximum Gasteiger partial charge on any atom is 0.411 e. The lowest BCUT2D eigenvalue weighted by molar-refractivity contribution is -0.141. The molecule has 1 aromatic heterocycles. The predicted octanol–water partition coefficient (Wildman–Crippen LogP) is 4.10. The fraction of sp³-hybridized carbons (Fsp3) is 0.381. The van der Waals surface area contributed by atoms with E-state index in [0.29, 0.717) is 16.8 Å². The second kappa shape index (κ2) is 10.8. The first-order valence-corrected chi connectivity index (χ1v) is 9.95. The van der Waals surface area contributed by atoms with Crippen molar-refractivity contribution < 1.29 is 28.6 Å². The zero-order valence-corrected chi connectivity index (χ0v) is 19.1. The largest absolute Gasteiger partial charge is 0.469 e. The Bertz CT molecular complexity index is 975. The third kappa shape index (κ3) is 7.38. The van der Waals surface area contributed by atoms with Gasteiger partial charge in [-0.2, -0.15) is 5.10 Å². The number of anilines is 1. The summed E-state index contributed by atoms with van der Waals surface area (Å²) in [5.41, 5.74) is 1.28. The van der Waals surface area contributed by atoms with E-state index in [2.05, 4.69) is 25.6 Å². The lowest BCUT2D eigenvalue weighted by Crippen LogP contribution is -2.36. The highest BCUT2D eigenvalue weighted by Gasteiger charge is 2.25. The summed E-state index contributed by atoms with van der Waals surface area (Å²) in [5.74, 6) is -0.553. The molecule has 1 aromatic carbocycles. The summed E-state index contributed by atoms with van der Waals surface area (Å²) in [5, 5.41) is 13.3. The maximum absolute atomic E-state index is 12.3. The van der Waals surface area contributed by atoms with Crippen LogP contribution in [0.1, 0.15) is 38.9 Å². The molecule has 1 heterocycles. The van der Waals surface area contributed by atoms with Crippen molar-refractivity contribution in [3.8, 4) is 11.1 Å². The van der Waals surface area contributed by atoms with Crippen LogP contribution in [-0.4, -0.2) is 48.2 Å². The molecule has 1 atom stereocenters. The summed E-state index contributed by atoms with van der Waals surface area (Å²) in [6.07, 6.45) is -1.50. The van der Waals surface area contributed by atoms with Gasteiger partial charge in [0.15, 0.2) is 5.15 Å². The summed E-state index contributed by atoms with van der Waals surface area (Å²) in [6.45, 7) is 5.17. The number of carbonyl (C=O) groups is 3. The summed E-state index contributed by atoms with van der Waals surface area (Å²) in [4.78, 5) is 35.5. The topological polar surface area (TPSA) is 129 Å². The van der Waals surface area contributed by atoms with E-state index in [0.717, 1.165) is 0 Å². The highest BCUT2D eigenvalue weighted by molar-refractivity contribution is 6.32. The van der Waals surface area contributed by atoms with Crippen molar-refractivity contribution >= 4 is 35.4 Å². The molecule has 2 amide bonds. The van der Waals surface area contributed by atoms with Crippen molar-refractivity contribution in [1.29, 1.82) is 0 Å². The SMILES string of the molecule is COC(=O)C[C@H](NC(=O)OC(C)(C)C)c1cc(-c2ccc(NC(=O)OC)cc2)c(Cl)nn1. The first-order valence-electron chi connectivity index (χ1n) is 9.57. The van der Waals surface area contributed by atoms with Crippen molar-refractivity contribution in [2.24, 2.45) is 0 Å². The fourth-order valence-electron chi connectivity index (χ4n) is 2.60. The van der Waals surface area contributed by atoms with Crippen LogP contribution in [0.25, 0.3) is 11.1 Å². The average molecular weight is 465 g/mol. The number of esters is 1. The minimum Gasteiger partial charge on any atom is -0.469 e. The molecule has 2 rings (SSSR count). The normalized spacial score (nSPS) is 11.8. The smallest absolute Gasteiger partial charge is 0.411 e. The highest BCUT2D eigenvalue weighted by atomic mass is 35.5. The van der Waals surface area contributed by atoms with Gasteiger partial charge in [-0.25, -0.2) is 9.59 Å². The first kappa shape index (κ1) is 24.9. The molecule has 0 radical (unpaired) electrons. The van der Waals surface area contributed by atoms with Gasteiger partial charge in [0.2, 0.25) is 0 Å². The minimum absolute atomic E-state index is 0.122. The zero-order valence-electron chi connectivity index (χ0n) is 18.4.